The minimum atomic E-state index is -1.17. The maximum absolute atomic E-state index is 12.6. The second-order valence-corrected chi connectivity index (χ2v) is 7.87. The fourth-order valence-corrected chi connectivity index (χ4v) is 4.25. The number of esters is 1. The summed E-state index contributed by atoms with van der Waals surface area (Å²) in [5.74, 6) is -0.993. The molecule has 3 aromatic carbocycles. The van der Waals surface area contributed by atoms with Crippen molar-refractivity contribution >= 4 is 28.6 Å². The van der Waals surface area contributed by atoms with E-state index in [2.05, 4.69) is 0 Å². The Morgan fingerprint density at radius 2 is 1.75 bits per heavy atom. The lowest BCUT2D eigenvalue weighted by molar-refractivity contribution is -0.147. The first-order valence-electron chi connectivity index (χ1n) is 10.4. The Morgan fingerprint density at radius 3 is 2.50 bits per heavy atom. The van der Waals surface area contributed by atoms with E-state index in [0.29, 0.717) is 35.6 Å². The van der Waals surface area contributed by atoms with Crippen LogP contribution < -0.4 is 0 Å². The Hall–Kier alpha value is -3.87. The Bertz CT molecular complexity index is 1160. The fraction of sp³-hybridized carbons (Fsp3) is 0.240. The van der Waals surface area contributed by atoms with Crippen molar-refractivity contribution in [1.82, 2.24) is 4.90 Å². The zero-order valence-electron chi connectivity index (χ0n) is 17.3. The Kier molecular flexibility index (Phi) is 6.07. The molecule has 0 aromatic heterocycles. The van der Waals surface area contributed by atoms with E-state index in [4.69, 9.17) is 4.74 Å². The highest BCUT2D eigenvalue weighted by Gasteiger charge is 2.42. The van der Waals surface area contributed by atoms with Gasteiger partial charge in [0.15, 0.2) is 12.4 Å². The van der Waals surface area contributed by atoms with Gasteiger partial charge in [-0.15, -0.1) is 0 Å². The number of benzene rings is 3. The monoisotopic (exact) mass is 433 g/mol. The van der Waals surface area contributed by atoms with Crippen LogP contribution in [0.5, 0.6) is 5.75 Å². The number of carbonyl (C=O) groups is 3. The van der Waals surface area contributed by atoms with E-state index < -0.39 is 30.5 Å². The van der Waals surface area contributed by atoms with Gasteiger partial charge in [0.05, 0.1) is 0 Å². The molecular formula is C25H23NO6. The molecule has 0 bridgehead atoms. The van der Waals surface area contributed by atoms with E-state index in [9.17, 15) is 24.6 Å². The SMILES string of the molecule is O=C(COC(=O)C1CCC(Cc2ccccc2)N1C(=O)O)c1ccc2c(O)cccc2c1. The van der Waals surface area contributed by atoms with Crippen molar-refractivity contribution in [2.75, 3.05) is 6.61 Å². The molecule has 1 aliphatic heterocycles. The lowest BCUT2D eigenvalue weighted by Crippen LogP contribution is -2.45. The van der Waals surface area contributed by atoms with Gasteiger partial charge in [0.2, 0.25) is 0 Å². The lowest BCUT2D eigenvalue weighted by Gasteiger charge is -2.26. The highest BCUT2D eigenvalue weighted by Crippen LogP contribution is 2.28. The summed E-state index contributed by atoms with van der Waals surface area (Å²) in [6.45, 7) is -0.476. The molecule has 164 valence electrons. The number of amides is 1. The van der Waals surface area contributed by atoms with Crippen LogP contribution in [0.25, 0.3) is 10.8 Å². The van der Waals surface area contributed by atoms with Gasteiger partial charge in [-0.25, -0.2) is 9.59 Å². The van der Waals surface area contributed by atoms with Gasteiger partial charge in [-0.05, 0) is 48.4 Å². The molecule has 0 aliphatic carbocycles. The lowest BCUT2D eigenvalue weighted by atomic mass is 10.0. The number of nitrogens with zero attached hydrogens (tertiary/aromatic N) is 1. The zero-order valence-corrected chi connectivity index (χ0v) is 17.3. The second-order valence-electron chi connectivity index (χ2n) is 7.87. The first-order chi connectivity index (χ1) is 15.4. The third kappa shape index (κ3) is 4.42. The molecule has 3 aromatic rings. The Labute approximate surface area is 184 Å². The molecule has 1 fully saturated rings. The number of aromatic hydroxyl groups is 1. The molecule has 0 saturated carbocycles. The van der Waals surface area contributed by atoms with E-state index in [-0.39, 0.29) is 11.8 Å². The summed E-state index contributed by atoms with van der Waals surface area (Å²) in [6.07, 6.45) is 0.237. The van der Waals surface area contributed by atoms with E-state index in [0.717, 1.165) is 10.5 Å². The predicted octanol–water partition coefficient (Wildman–Crippen LogP) is 4.03. The maximum Gasteiger partial charge on any atom is 0.408 e. The van der Waals surface area contributed by atoms with Crippen LogP contribution in [0.2, 0.25) is 0 Å². The number of carboxylic acid groups (broad SMARTS) is 1. The standard InChI is InChI=1S/C25H23NO6/c27-22-8-4-7-17-14-18(9-11-20(17)22)23(28)15-32-24(29)21-12-10-19(26(21)25(30)31)13-16-5-2-1-3-6-16/h1-9,11,14,19,21,27H,10,12-13,15H2,(H,30,31). The van der Waals surface area contributed by atoms with Crippen LogP contribution >= 0.6 is 0 Å². The van der Waals surface area contributed by atoms with Crippen LogP contribution in [0.3, 0.4) is 0 Å². The summed E-state index contributed by atoms with van der Waals surface area (Å²) in [6, 6.07) is 18.1. The van der Waals surface area contributed by atoms with Crippen molar-refractivity contribution in [3.8, 4) is 5.75 Å². The number of phenolic OH excluding ortho intramolecular Hbond substituents is 1. The van der Waals surface area contributed by atoms with Crippen LogP contribution in [0.1, 0.15) is 28.8 Å². The molecule has 7 nitrogen and oxygen atoms in total. The number of hydrogen-bond donors (Lipinski definition) is 2. The molecule has 1 saturated heterocycles. The van der Waals surface area contributed by atoms with Crippen LogP contribution in [-0.4, -0.2) is 51.6 Å². The number of ketones is 1. The smallest absolute Gasteiger partial charge is 0.408 e. The van der Waals surface area contributed by atoms with Crippen LogP contribution in [0, 0.1) is 0 Å². The molecule has 0 spiro atoms. The van der Waals surface area contributed by atoms with Crippen molar-refractivity contribution in [3.05, 3.63) is 77.9 Å². The average Bonchev–Trinajstić information content (AvgIpc) is 3.21. The topological polar surface area (TPSA) is 104 Å². The van der Waals surface area contributed by atoms with Gasteiger partial charge in [-0.3, -0.25) is 9.69 Å². The van der Waals surface area contributed by atoms with Gasteiger partial charge in [-0.2, -0.15) is 0 Å². The normalized spacial score (nSPS) is 17.9. The van der Waals surface area contributed by atoms with E-state index in [1.165, 1.54) is 0 Å². The average molecular weight is 433 g/mol. The number of carbonyl (C=O) groups excluding carboxylic acids is 2. The molecule has 1 aliphatic rings. The molecule has 2 unspecified atom stereocenters. The minimum Gasteiger partial charge on any atom is -0.507 e. The zero-order chi connectivity index (χ0) is 22.7. The molecule has 4 rings (SSSR count). The summed E-state index contributed by atoms with van der Waals surface area (Å²) in [4.78, 5) is 38.2. The van der Waals surface area contributed by atoms with Crippen molar-refractivity contribution < 1.29 is 29.3 Å². The van der Waals surface area contributed by atoms with Gasteiger partial charge in [0.1, 0.15) is 11.8 Å². The third-order valence-electron chi connectivity index (χ3n) is 5.83. The number of rotatable bonds is 6. The quantitative estimate of drug-likeness (QED) is 0.449. The summed E-state index contributed by atoms with van der Waals surface area (Å²) >= 11 is 0. The molecule has 7 heteroatoms. The molecule has 0 radical (unpaired) electrons. The Morgan fingerprint density at radius 1 is 0.969 bits per heavy atom. The van der Waals surface area contributed by atoms with Crippen molar-refractivity contribution in [2.45, 2.75) is 31.3 Å². The molecular weight excluding hydrogens is 410 g/mol. The number of Topliss-reactive ketones (excluding diaryl/α,β-unsaturated/α-hetero) is 1. The van der Waals surface area contributed by atoms with E-state index in [1.54, 1.807) is 36.4 Å². The van der Waals surface area contributed by atoms with Crippen LogP contribution in [0.15, 0.2) is 66.7 Å². The number of ether oxygens (including phenoxy) is 1. The minimum absolute atomic E-state index is 0.118. The van der Waals surface area contributed by atoms with E-state index in [1.807, 2.05) is 30.3 Å². The summed E-state index contributed by atoms with van der Waals surface area (Å²) in [5.41, 5.74) is 1.34. The first-order valence-corrected chi connectivity index (χ1v) is 10.4. The summed E-state index contributed by atoms with van der Waals surface area (Å²) in [7, 11) is 0. The predicted molar refractivity (Wildman–Crippen MR) is 118 cm³/mol. The summed E-state index contributed by atoms with van der Waals surface area (Å²) in [5, 5.41) is 20.9. The molecule has 2 atom stereocenters. The van der Waals surface area contributed by atoms with Crippen molar-refractivity contribution in [2.24, 2.45) is 0 Å². The van der Waals surface area contributed by atoms with Gasteiger partial charge in [0, 0.05) is 17.0 Å². The largest absolute Gasteiger partial charge is 0.507 e. The Balaban J connectivity index is 1.40. The third-order valence-corrected chi connectivity index (χ3v) is 5.83. The van der Waals surface area contributed by atoms with Gasteiger partial charge < -0.3 is 14.9 Å². The van der Waals surface area contributed by atoms with Gasteiger partial charge in [0.25, 0.3) is 0 Å². The van der Waals surface area contributed by atoms with Crippen LogP contribution in [0.4, 0.5) is 4.79 Å². The number of hydrogen-bond acceptors (Lipinski definition) is 5. The molecule has 2 N–H and O–H groups in total. The molecule has 1 heterocycles. The first kappa shape index (κ1) is 21.4. The van der Waals surface area contributed by atoms with Gasteiger partial charge in [-0.1, -0.05) is 48.5 Å². The van der Waals surface area contributed by atoms with E-state index >= 15 is 0 Å². The molecule has 1 amide bonds. The summed E-state index contributed by atoms with van der Waals surface area (Å²) < 4.78 is 5.21. The fourth-order valence-electron chi connectivity index (χ4n) is 4.25. The maximum atomic E-state index is 12.6. The highest BCUT2D eigenvalue weighted by atomic mass is 16.5. The molecule has 32 heavy (non-hydrogen) atoms. The number of fused-ring (bicyclic) bond motifs is 1. The van der Waals surface area contributed by atoms with Crippen molar-refractivity contribution in [1.29, 1.82) is 0 Å². The highest BCUT2D eigenvalue weighted by molar-refractivity contribution is 6.02. The van der Waals surface area contributed by atoms with Crippen molar-refractivity contribution in [3.63, 3.8) is 0 Å². The number of likely N-dealkylation sites (tertiary alicyclic amines) is 1. The second kappa shape index (κ2) is 9.09. The number of phenols is 1. The van der Waals surface area contributed by atoms with Crippen LogP contribution in [-0.2, 0) is 16.0 Å². The van der Waals surface area contributed by atoms with Gasteiger partial charge >= 0.3 is 12.1 Å².